The highest BCUT2D eigenvalue weighted by Gasteiger charge is 2.28. The summed E-state index contributed by atoms with van der Waals surface area (Å²) in [6.07, 6.45) is 0.385. The second-order valence-electron chi connectivity index (χ2n) is 9.69. The Morgan fingerprint density at radius 3 is 2.03 bits per heavy atom. The lowest BCUT2D eigenvalue weighted by molar-refractivity contribution is -0.150. The maximum atomic E-state index is 13.0. The Kier molecular flexibility index (Phi) is 11.3. The van der Waals surface area contributed by atoms with E-state index in [-0.39, 0.29) is 31.7 Å². The summed E-state index contributed by atoms with van der Waals surface area (Å²) in [5, 5.41) is 2.59. The number of aryl methyl sites for hydroxylation is 1. The summed E-state index contributed by atoms with van der Waals surface area (Å²) in [5.41, 5.74) is 3.55. The summed E-state index contributed by atoms with van der Waals surface area (Å²) in [5.74, 6) is -2.82. The molecule has 0 aliphatic heterocycles. The predicted molar refractivity (Wildman–Crippen MR) is 135 cm³/mol. The summed E-state index contributed by atoms with van der Waals surface area (Å²) < 4.78 is 5.28. The number of esters is 1. The van der Waals surface area contributed by atoms with Crippen LogP contribution in [0, 0.1) is 5.92 Å². The Bertz CT molecular complexity index is 1000. The number of carbonyl (C=O) groups is 4. The highest BCUT2D eigenvalue weighted by molar-refractivity contribution is 5.92. The van der Waals surface area contributed by atoms with Gasteiger partial charge in [0.1, 0.15) is 18.4 Å². The Balaban J connectivity index is 1.96. The fraction of sp³-hybridized carbons (Fsp3) is 0.429. The molecule has 0 aliphatic rings. The third-order valence-electron chi connectivity index (χ3n) is 5.22. The molecule has 2 atom stereocenters. The van der Waals surface area contributed by atoms with Gasteiger partial charge in [-0.1, -0.05) is 60.7 Å². The van der Waals surface area contributed by atoms with Crippen LogP contribution in [0.2, 0.25) is 0 Å². The lowest BCUT2D eigenvalue weighted by Crippen LogP contribution is -2.44. The Morgan fingerprint density at radius 1 is 0.861 bits per heavy atom. The van der Waals surface area contributed by atoms with E-state index in [9.17, 15) is 19.2 Å². The van der Waals surface area contributed by atoms with Crippen LogP contribution < -0.4 is 10.8 Å². The van der Waals surface area contributed by atoms with E-state index in [1.807, 2.05) is 60.7 Å². The van der Waals surface area contributed by atoms with Crippen molar-refractivity contribution in [2.75, 3.05) is 0 Å². The average molecular weight is 497 g/mol. The van der Waals surface area contributed by atoms with Gasteiger partial charge in [0.25, 0.3) is 0 Å². The van der Waals surface area contributed by atoms with Crippen LogP contribution in [0.25, 0.3) is 0 Å². The molecule has 8 nitrogen and oxygen atoms in total. The van der Waals surface area contributed by atoms with Crippen molar-refractivity contribution in [3.8, 4) is 0 Å². The largest absolute Gasteiger partial charge is 0.459 e. The number of rotatable bonds is 13. The van der Waals surface area contributed by atoms with Gasteiger partial charge in [0.2, 0.25) is 11.8 Å². The normalized spacial score (nSPS) is 12.8. The van der Waals surface area contributed by atoms with E-state index >= 15 is 0 Å². The van der Waals surface area contributed by atoms with E-state index in [0.717, 1.165) is 11.1 Å². The van der Waals surface area contributed by atoms with Gasteiger partial charge in [-0.3, -0.25) is 19.2 Å². The summed E-state index contributed by atoms with van der Waals surface area (Å²) >= 11 is 0. The standard InChI is InChI=1S/C28H36N2O6/c1-20(27(34)35-19-22-13-9-6-10-14-22)29-26(33)23(18-25(32)30-36-28(2,3)4)17-24(31)16-15-21-11-7-5-8-12-21/h5-14,20,23H,15-19H2,1-4H3,(H,29,33)(H,30,32)/t20-,23-/m0/s1. The van der Waals surface area contributed by atoms with Crippen molar-refractivity contribution in [1.29, 1.82) is 0 Å². The van der Waals surface area contributed by atoms with Crippen molar-refractivity contribution in [1.82, 2.24) is 10.8 Å². The van der Waals surface area contributed by atoms with Crippen molar-refractivity contribution >= 4 is 23.6 Å². The first-order valence-electron chi connectivity index (χ1n) is 12.1. The molecule has 194 valence electrons. The zero-order valence-corrected chi connectivity index (χ0v) is 21.4. The molecule has 2 aromatic rings. The predicted octanol–water partition coefficient (Wildman–Crippen LogP) is 3.68. The average Bonchev–Trinajstić information content (AvgIpc) is 2.85. The Morgan fingerprint density at radius 2 is 1.44 bits per heavy atom. The second-order valence-corrected chi connectivity index (χ2v) is 9.69. The second kappa shape index (κ2) is 14.1. The number of nitrogens with one attached hydrogen (secondary N) is 2. The molecule has 0 bridgehead atoms. The number of ketones is 1. The monoisotopic (exact) mass is 496 g/mol. The molecule has 0 fully saturated rings. The number of carbonyl (C=O) groups excluding carboxylic acids is 4. The Hall–Kier alpha value is -3.52. The molecule has 0 radical (unpaired) electrons. The van der Waals surface area contributed by atoms with Gasteiger partial charge in [-0.15, -0.1) is 0 Å². The van der Waals surface area contributed by atoms with E-state index in [0.29, 0.717) is 6.42 Å². The zero-order valence-electron chi connectivity index (χ0n) is 21.4. The van der Waals surface area contributed by atoms with Crippen molar-refractivity contribution in [3.63, 3.8) is 0 Å². The van der Waals surface area contributed by atoms with Gasteiger partial charge in [0, 0.05) is 19.3 Å². The molecule has 0 aromatic heterocycles. The van der Waals surface area contributed by atoms with E-state index in [2.05, 4.69) is 10.8 Å². The van der Waals surface area contributed by atoms with E-state index in [1.165, 1.54) is 6.92 Å². The van der Waals surface area contributed by atoms with Gasteiger partial charge in [0.05, 0.1) is 11.5 Å². The van der Waals surface area contributed by atoms with Crippen LogP contribution >= 0.6 is 0 Å². The number of ether oxygens (including phenoxy) is 1. The van der Waals surface area contributed by atoms with Gasteiger partial charge in [0.15, 0.2) is 0 Å². The van der Waals surface area contributed by atoms with Crippen LogP contribution in [0.3, 0.4) is 0 Å². The number of Topliss-reactive ketones (excluding diaryl/α,β-unsaturated/α-hetero) is 1. The first-order valence-corrected chi connectivity index (χ1v) is 12.1. The molecule has 0 aliphatic carbocycles. The molecule has 0 saturated heterocycles. The summed E-state index contributed by atoms with van der Waals surface area (Å²) in [7, 11) is 0. The molecular weight excluding hydrogens is 460 g/mol. The van der Waals surface area contributed by atoms with Crippen molar-refractivity contribution in [3.05, 3.63) is 71.8 Å². The molecule has 8 heteroatoms. The lowest BCUT2D eigenvalue weighted by Gasteiger charge is -2.21. The number of hydrogen-bond donors (Lipinski definition) is 2. The minimum Gasteiger partial charge on any atom is -0.459 e. The van der Waals surface area contributed by atoms with Crippen LogP contribution in [-0.4, -0.2) is 35.2 Å². The Labute approximate surface area is 212 Å². The maximum Gasteiger partial charge on any atom is 0.328 e. The van der Waals surface area contributed by atoms with Crippen LogP contribution in [0.15, 0.2) is 60.7 Å². The number of amides is 2. The number of hydrogen-bond acceptors (Lipinski definition) is 6. The lowest BCUT2D eigenvalue weighted by atomic mass is 9.94. The van der Waals surface area contributed by atoms with Crippen LogP contribution in [-0.2, 0) is 41.8 Å². The van der Waals surface area contributed by atoms with Gasteiger partial charge >= 0.3 is 5.97 Å². The van der Waals surface area contributed by atoms with E-state index in [4.69, 9.17) is 9.57 Å². The van der Waals surface area contributed by atoms with Gasteiger partial charge < -0.3 is 10.1 Å². The van der Waals surface area contributed by atoms with E-state index in [1.54, 1.807) is 20.8 Å². The number of hydroxylamine groups is 1. The van der Waals surface area contributed by atoms with Crippen LogP contribution in [0.5, 0.6) is 0 Å². The molecule has 0 saturated carbocycles. The van der Waals surface area contributed by atoms with Crippen molar-refractivity contribution < 1.29 is 28.8 Å². The fourth-order valence-electron chi connectivity index (χ4n) is 3.28. The molecule has 2 aromatic carbocycles. The highest BCUT2D eigenvalue weighted by Crippen LogP contribution is 2.15. The van der Waals surface area contributed by atoms with Crippen LogP contribution in [0.4, 0.5) is 0 Å². The minimum atomic E-state index is -0.957. The maximum absolute atomic E-state index is 13.0. The van der Waals surface area contributed by atoms with Crippen molar-refractivity contribution in [2.24, 2.45) is 5.92 Å². The van der Waals surface area contributed by atoms with Gasteiger partial charge in [-0.25, -0.2) is 10.3 Å². The molecule has 2 N–H and O–H groups in total. The summed E-state index contributed by atoms with van der Waals surface area (Å²) in [6.45, 7) is 6.89. The molecule has 2 amide bonds. The molecule has 0 unspecified atom stereocenters. The smallest absolute Gasteiger partial charge is 0.328 e. The molecule has 36 heavy (non-hydrogen) atoms. The summed E-state index contributed by atoms with van der Waals surface area (Å²) in [4.78, 5) is 55.8. The minimum absolute atomic E-state index is 0.0772. The first kappa shape index (κ1) is 28.7. The van der Waals surface area contributed by atoms with Crippen LogP contribution in [0.1, 0.15) is 58.1 Å². The van der Waals surface area contributed by atoms with Gasteiger partial charge in [-0.2, -0.15) is 0 Å². The molecule has 2 rings (SSSR count). The number of benzene rings is 2. The summed E-state index contributed by atoms with van der Waals surface area (Å²) in [6, 6.07) is 17.8. The zero-order chi connectivity index (χ0) is 26.6. The first-order chi connectivity index (χ1) is 17.0. The van der Waals surface area contributed by atoms with Gasteiger partial charge in [-0.05, 0) is 45.2 Å². The quantitative estimate of drug-likeness (QED) is 0.323. The van der Waals surface area contributed by atoms with Crippen molar-refractivity contribution in [2.45, 2.75) is 71.6 Å². The molecule has 0 heterocycles. The highest BCUT2D eigenvalue weighted by atomic mass is 16.7. The third-order valence-corrected chi connectivity index (χ3v) is 5.22. The molecule has 0 spiro atoms. The fourth-order valence-corrected chi connectivity index (χ4v) is 3.28. The third kappa shape index (κ3) is 11.3. The SMILES string of the molecule is C[C@H](NC(=O)[C@@H](CC(=O)CCc1ccccc1)CC(=O)NOC(C)(C)C)C(=O)OCc1ccccc1. The topological polar surface area (TPSA) is 111 Å². The molecular formula is C28H36N2O6. The van der Waals surface area contributed by atoms with E-state index < -0.39 is 35.3 Å².